The van der Waals surface area contributed by atoms with Crippen molar-refractivity contribution < 1.29 is 18.7 Å². The summed E-state index contributed by atoms with van der Waals surface area (Å²) in [7, 11) is 1.67. The smallest absolute Gasteiger partial charge is 0.242 e. The molecule has 2 heterocycles. The normalized spacial score (nSPS) is 14.8. The first kappa shape index (κ1) is 19.4. The van der Waals surface area contributed by atoms with Crippen LogP contribution in [0, 0.1) is 6.92 Å². The van der Waals surface area contributed by atoms with Crippen LogP contribution in [-0.4, -0.2) is 61.5 Å². The van der Waals surface area contributed by atoms with Crippen molar-refractivity contribution in [3.05, 3.63) is 35.1 Å². The first-order valence-electron chi connectivity index (χ1n) is 9.47. The van der Waals surface area contributed by atoms with Crippen LogP contribution in [0.2, 0.25) is 0 Å². The molecule has 2 aromatic rings. The second-order valence-corrected chi connectivity index (χ2v) is 7.54. The Kier molecular flexibility index (Phi) is 5.85. The van der Waals surface area contributed by atoms with E-state index < -0.39 is 0 Å². The van der Waals surface area contributed by atoms with Crippen LogP contribution in [0.5, 0.6) is 0 Å². The Morgan fingerprint density at radius 3 is 2.59 bits per heavy atom. The third-order valence-electron chi connectivity index (χ3n) is 5.17. The van der Waals surface area contributed by atoms with E-state index in [0.717, 1.165) is 16.5 Å². The molecule has 3 rings (SSSR count). The summed E-state index contributed by atoms with van der Waals surface area (Å²) in [5, 5.41) is 0.977. The van der Waals surface area contributed by atoms with E-state index in [2.05, 4.69) is 26.8 Å². The highest BCUT2D eigenvalue weighted by atomic mass is 16.5. The molecule has 0 radical (unpaired) electrons. The molecule has 0 saturated carbocycles. The number of ether oxygens (including phenoxy) is 1. The number of furan rings is 1. The number of aryl methyl sites for hydroxylation is 1. The molecule has 1 aromatic carbocycles. The minimum Gasteiger partial charge on any atom is -0.464 e. The molecule has 0 bridgehead atoms. The number of rotatable bonds is 5. The van der Waals surface area contributed by atoms with Crippen LogP contribution in [0.3, 0.4) is 0 Å². The van der Waals surface area contributed by atoms with Crippen LogP contribution >= 0.6 is 0 Å². The van der Waals surface area contributed by atoms with Gasteiger partial charge in [0.15, 0.2) is 0 Å². The summed E-state index contributed by atoms with van der Waals surface area (Å²) in [5.41, 5.74) is 4.11. The number of likely N-dealkylation sites (N-methyl/N-ethyl adjacent to an activating group) is 1. The Hall–Kier alpha value is -2.34. The predicted molar refractivity (Wildman–Crippen MR) is 104 cm³/mol. The fourth-order valence-electron chi connectivity index (χ4n) is 3.51. The van der Waals surface area contributed by atoms with Crippen molar-refractivity contribution in [1.29, 1.82) is 0 Å². The number of fused-ring (bicyclic) bond motifs is 1. The highest BCUT2D eigenvalue weighted by Gasteiger charge is 2.21. The zero-order valence-corrected chi connectivity index (χ0v) is 16.6. The molecule has 6 heteroatoms. The highest BCUT2D eigenvalue weighted by molar-refractivity contribution is 5.90. The average Bonchev–Trinajstić information content (AvgIpc) is 3.02. The van der Waals surface area contributed by atoms with Gasteiger partial charge in [-0.25, -0.2) is 0 Å². The van der Waals surface area contributed by atoms with Gasteiger partial charge in [0.05, 0.1) is 32.4 Å². The van der Waals surface area contributed by atoms with Gasteiger partial charge in [0.1, 0.15) is 5.58 Å². The van der Waals surface area contributed by atoms with Gasteiger partial charge in [0.25, 0.3) is 0 Å². The lowest BCUT2D eigenvalue weighted by Crippen LogP contribution is -2.46. The first-order chi connectivity index (χ1) is 12.9. The molecule has 1 aliphatic heterocycles. The molecule has 2 amide bonds. The summed E-state index contributed by atoms with van der Waals surface area (Å²) in [5.74, 6) is 0.275. The average molecular weight is 372 g/mol. The third-order valence-corrected chi connectivity index (χ3v) is 5.17. The summed E-state index contributed by atoms with van der Waals surface area (Å²) in [6.07, 6.45) is 1.88. The molecule has 0 unspecified atom stereocenters. The van der Waals surface area contributed by atoms with Gasteiger partial charge in [-0.05, 0) is 36.1 Å². The van der Waals surface area contributed by atoms with Gasteiger partial charge in [-0.1, -0.05) is 13.8 Å². The molecular formula is C21H28N2O4. The standard InChI is InChI=1S/C21H28N2O4/c1-14(2)17-11-18-16(13-27-19(18)9-15(17)3)10-20(24)22(4)12-21(25)23-5-7-26-8-6-23/h9,11,13-14H,5-8,10,12H2,1-4H3. The van der Waals surface area contributed by atoms with E-state index in [1.54, 1.807) is 18.2 Å². The largest absolute Gasteiger partial charge is 0.464 e. The molecule has 1 fully saturated rings. The Bertz CT molecular complexity index is 834. The lowest BCUT2D eigenvalue weighted by molar-refractivity contribution is -0.141. The SMILES string of the molecule is Cc1cc2occ(CC(=O)N(C)CC(=O)N3CCOCC3)c2cc1C(C)C. The Morgan fingerprint density at radius 1 is 1.22 bits per heavy atom. The van der Waals surface area contributed by atoms with E-state index in [-0.39, 0.29) is 24.8 Å². The van der Waals surface area contributed by atoms with Gasteiger partial charge in [-0.3, -0.25) is 9.59 Å². The second kappa shape index (κ2) is 8.13. The van der Waals surface area contributed by atoms with Crippen molar-refractivity contribution in [2.24, 2.45) is 0 Å². The van der Waals surface area contributed by atoms with E-state index in [9.17, 15) is 9.59 Å². The molecule has 0 atom stereocenters. The monoisotopic (exact) mass is 372 g/mol. The minimum atomic E-state index is -0.0917. The van der Waals surface area contributed by atoms with Crippen LogP contribution < -0.4 is 0 Å². The third kappa shape index (κ3) is 4.33. The quantitative estimate of drug-likeness (QED) is 0.810. The van der Waals surface area contributed by atoms with Crippen LogP contribution in [0.25, 0.3) is 11.0 Å². The van der Waals surface area contributed by atoms with Crippen molar-refractivity contribution in [2.75, 3.05) is 39.9 Å². The number of hydrogen-bond donors (Lipinski definition) is 0. The first-order valence-corrected chi connectivity index (χ1v) is 9.47. The van der Waals surface area contributed by atoms with E-state index >= 15 is 0 Å². The number of benzene rings is 1. The number of morpholine rings is 1. The maximum atomic E-state index is 12.6. The fraction of sp³-hybridized carbons (Fsp3) is 0.524. The summed E-state index contributed by atoms with van der Waals surface area (Å²) in [6.45, 7) is 8.77. The van der Waals surface area contributed by atoms with Crippen molar-refractivity contribution in [2.45, 2.75) is 33.1 Å². The Morgan fingerprint density at radius 2 is 1.93 bits per heavy atom. The van der Waals surface area contributed by atoms with E-state index in [1.165, 1.54) is 16.0 Å². The molecule has 6 nitrogen and oxygen atoms in total. The lowest BCUT2D eigenvalue weighted by Gasteiger charge is -2.28. The van der Waals surface area contributed by atoms with Crippen molar-refractivity contribution >= 4 is 22.8 Å². The number of hydrogen-bond acceptors (Lipinski definition) is 4. The molecular weight excluding hydrogens is 344 g/mol. The minimum absolute atomic E-state index is 0.0380. The van der Waals surface area contributed by atoms with E-state index in [0.29, 0.717) is 32.2 Å². The Labute approximate surface area is 160 Å². The number of carbonyl (C=O) groups is 2. The van der Waals surface area contributed by atoms with Gasteiger partial charge in [-0.15, -0.1) is 0 Å². The maximum absolute atomic E-state index is 12.6. The van der Waals surface area contributed by atoms with Gasteiger partial charge >= 0.3 is 0 Å². The topological polar surface area (TPSA) is 63.0 Å². The molecule has 0 aliphatic carbocycles. The molecule has 0 N–H and O–H groups in total. The maximum Gasteiger partial charge on any atom is 0.242 e. The molecule has 1 saturated heterocycles. The lowest BCUT2D eigenvalue weighted by atomic mass is 9.95. The number of nitrogens with zero attached hydrogens (tertiary/aromatic N) is 2. The molecule has 0 spiro atoms. The van der Waals surface area contributed by atoms with E-state index in [4.69, 9.17) is 9.15 Å². The molecule has 146 valence electrons. The zero-order chi connectivity index (χ0) is 19.6. The summed E-state index contributed by atoms with van der Waals surface area (Å²) in [6, 6.07) is 4.16. The van der Waals surface area contributed by atoms with Crippen molar-refractivity contribution in [3.8, 4) is 0 Å². The molecule has 1 aliphatic rings. The molecule has 1 aromatic heterocycles. The highest BCUT2D eigenvalue weighted by Crippen LogP contribution is 2.29. The van der Waals surface area contributed by atoms with Crippen LogP contribution in [-0.2, 0) is 20.7 Å². The summed E-state index contributed by atoms with van der Waals surface area (Å²) in [4.78, 5) is 28.2. The van der Waals surface area contributed by atoms with Crippen LogP contribution in [0.1, 0.15) is 36.5 Å². The predicted octanol–water partition coefficient (Wildman–Crippen LogP) is 2.72. The van der Waals surface area contributed by atoms with Crippen LogP contribution in [0.4, 0.5) is 0 Å². The van der Waals surface area contributed by atoms with Gasteiger partial charge in [-0.2, -0.15) is 0 Å². The van der Waals surface area contributed by atoms with Gasteiger partial charge < -0.3 is 19.0 Å². The number of amides is 2. The Balaban J connectivity index is 1.69. The number of carbonyl (C=O) groups excluding carboxylic acids is 2. The second-order valence-electron chi connectivity index (χ2n) is 7.54. The fourth-order valence-corrected chi connectivity index (χ4v) is 3.51. The van der Waals surface area contributed by atoms with Crippen molar-refractivity contribution in [3.63, 3.8) is 0 Å². The van der Waals surface area contributed by atoms with E-state index in [1.807, 2.05) is 6.07 Å². The zero-order valence-electron chi connectivity index (χ0n) is 16.6. The van der Waals surface area contributed by atoms with Gasteiger partial charge in [0, 0.05) is 31.1 Å². The molecule has 27 heavy (non-hydrogen) atoms. The summed E-state index contributed by atoms with van der Waals surface area (Å²) >= 11 is 0. The van der Waals surface area contributed by atoms with Gasteiger partial charge in [0.2, 0.25) is 11.8 Å². The van der Waals surface area contributed by atoms with Crippen LogP contribution in [0.15, 0.2) is 22.8 Å². The van der Waals surface area contributed by atoms with Crippen molar-refractivity contribution in [1.82, 2.24) is 9.80 Å². The summed E-state index contributed by atoms with van der Waals surface area (Å²) < 4.78 is 10.9.